The van der Waals surface area contributed by atoms with Crippen molar-refractivity contribution in [1.29, 1.82) is 0 Å². The molecule has 1 aliphatic heterocycles. The van der Waals surface area contributed by atoms with Crippen molar-refractivity contribution in [3.63, 3.8) is 0 Å². The lowest BCUT2D eigenvalue weighted by Crippen LogP contribution is -2.71. The Hall–Kier alpha value is -1.87. The summed E-state index contributed by atoms with van der Waals surface area (Å²) in [6.07, 6.45) is -2.78. The normalized spacial score (nSPS) is 26.1. The van der Waals surface area contributed by atoms with Crippen LogP contribution in [0.4, 0.5) is 11.4 Å². The van der Waals surface area contributed by atoms with Crippen LogP contribution in [0.25, 0.3) is 0 Å². The van der Waals surface area contributed by atoms with Crippen molar-refractivity contribution in [3.05, 3.63) is 34.7 Å². The van der Waals surface area contributed by atoms with E-state index in [0.717, 1.165) is 5.01 Å². The molecule has 0 aliphatic carbocycles. The summed E-state index contributed by atoms with van der Waals surface area (Å²) in [4.78, 5) is 0. The summed E-state index contributed by atoms with van der Waals surface area (Å²) in [6, 6.07) is 6.01. The topological polar surface area (TPSA) is 119 Å². The number of nitrogens with zero attached hydrogens (tertiary/aromatic N) is 3. The minimum Gasteiger partial charge on any atom is -0.739 e. The van der Waals surface area contributed by atoms with Crippen LogP contribution in [0, 0.1) is 10.4 Å². The third-order valence-corrected chi connectivity index (χ3v) is 3.07. The Morgan fingerprint density at radius 2 is 1.89 bits per heavy atom. The number of nitrogens with two attached hydrogens (primary N) is 1. The number of rotatable bonds is 2. The van der Waals surface area contributed by atoms with Crippen LogP contribution in [0.15, 0.2) is 24.3 Å². The van der Waals surface area contributed by atoms with Crippen molar-refractivity contribution < 1.29 is 15.0 Å². The third-order valence-electron chi connectivity index (χ3n) is 3.07. The molecule has 1 aliphatic rings. The van der Waals surface area contributed by atoms with Crippen LogP contribution in [0.2, 0.25) is 0 Å². The molecule has 104 valence electrons. The monoisotopic (exact) mass is 268 g/mol. The van der Waals surface area contributed by atoms with E-state index in [-0.39, 0.29) is 11.4 Å². The molecule has 3 atom stereocenters. The van der Waals surface area contributed by atoms with E-state index >= 15 is 0 Å². The highest BCUT2D eigenvalue weighted by molar-refractivity contribution is 5.81. The predicted molar refractivity (Wildman–Crippen MR) is 69.3 cm³/mol. The van der Waals surface area contributed by atoms with Gasteiger partial charge in [-0.15, -0.1) is 4.76 Å². The van der Waals surface area contributed by atoms with E-state index < -0.39 is 23.2 Å². The molecule has 0 aromatic heterocycles. The van der Waals surface area contributed by atoms with E-state index in [9.17, 15) is 20.6 Å². The molecular weight excluding hydrogens is 252 g/mol. The highest BCUT2D eigenvalue weighted by Crippen LogP contribution is 2.39. The van der Waals surface area contributed by atoms with Gasteiger partial charge in [0.05, 0.1) is 0 Å². The van der Waals surface area contributed by atoms with Crippen LogP contribution < -0.4 is 10.5 Å². The molecular formula is C11H16N4O4. The summed E-state index contributed by atoms with van der Waals surface area (Å²) in [5.74, 6) is -0.468. The van der Waals surface area contributed by atoms with E-state index in [1.54, 1.807) is 12.1 Å². The molecule has 0 saturated heterocycles. The molecule has 0 saturated carbocycles. The summed E-state index contributed by atoms with van der Waals surface area (Å²) in [5.41, 5.74) is 5.69. The first-order valence-electron chi connectivity index (χ1n) is 5.76. The van der Waals surface area contributed by atoms with E-state index in [4.69, 9.17) is 5.73 Å². The highest BCUT2D eigenvalue weighted by atomic mass is 16.6. The Balaban J connectivity index is 2.77. The Morgan fingerprint density at radius 1 is 1.32 bits per heavy atom. The van der Waals surface area contributed by atoms with Gasteiger partial charge in [0.2, 0.25) is 18.1 Å². The molecule has 4 N–H and O–H groups in total. The van der Waals surface area contributed by atoms with Gasteiger partial charge >= 0.3 is 5.96 Å². The van der Waals surface area contributed by atoms with Gasteiger partial charge < -0.3 is 20.6 Å². The molecule has 0 fully saturated rings. The number of guanidine groups is 1. The van der Waals surface area contributed by atoms with Crippen LogP contribution in [-0.2, 0) is 0 Å². The summed E-state index contributed by atoms with van der Waals surface area (Å²) >= 11 is 0. The second kappa shape index (κ2) is 4.35. The first-order valence-corrected chi connectivity index (χ1v) is 5.76. The molecule has 0 radical (unpaired) electrons. The number of hydrogen-bond donors (Lipinski definition) is 3. The molecule has 8 heteroatoms. The maximum Gasteiger partial charge on any atom is 0.403 e. The second-order valence-corrected chi connectivity index (χ2v) is 4.37. The standard InChI is InChI=1S/C11H16N4O4/c1-7(16)13-11(12)14(18)9-5-3-4-6-10(9)15(13,19)8(2)17/h3-8,16-17H,12H2,1-2H3. The number of hydroxylamine groups is 1. The van der Waals surface area contributed by atoms with E-state index in [1.807, 2.05) is 0 Å². The van der Waals surface area contributed by atoms with Crippen molar-refractivity contribution in [2.75, 3.05) is 0 Å². The molecule has 19 heavy (non-hydrogen) atoms. The maximum absolute atomic E-state index is 13.0. The van der Waals surface area contributed by atoms with Gasteiger partial charge in [-0.3, -0.25) is 5.73 Å². The first kappa shape index (κ1) is 13.6. The van der Waals surface area contributed by atoms with Crippen LogP contribution in [-0.4, -0.2) is 38.4 Å². The number of benzene rings is 1. The molecule has 0 bridgehead atoms. The van der Waals surface area contributed by atoms with Crippen molar-refractivity contribution in [2.24, 2.45) is 5.73 Å². The molecule has 0 spiro atoms. The quantitative estimate of drug-likeness (QED) is 0.390. The van der Waals surface area contributed by atoms with Crippen LogP contribution in [0.5, 0.6) is 0 Å². The largest absolute Gasteiger partial charge is 0.739 e. The fraction of sp³-hybridized carbons (Fsp3) is 0.364. The summed E-state index contributed by atoms with van der Waals surface area (Å²) < 4.78 is -1.07. The molecule has 1 aromatic rings. The van der Waals surface area contributed by atoms with Crippen LogP contribution in [0.1, 0.15) is 13.8 Å². The van der Waals surface area contributed by atoms with Crippen molar-refractivity contribution in [3.8, 4) is 0 Å². The highest BCUT2D eigenvalue weighted by Gasteiger charge is 2.49. The zero-order chi connectivity index (χ0) is 14.4. The minimum absolute atomic E-state index is 0.0163. The maximum atomic E-state index is 13.0. The van der Waals surface area contributed by atoms with Crippen LogP contribution >= 0.6 is 0 Å². The van der Waals surface area contributed by atoms with Crippen molar-refractivity contribution in [1.82, 2.24) is 9.76 Å². The average Bonchev–Trinajstić information content (AvgIpc) is 2.35. The number of quaternary nitrogens is 1. The summed E-state index contributed by atoms with van der Waals surface area (Å²) in [5, 5.41) is 45.2. The van der Waals surface area contributed by atoms with E-state index in [2.05, 4.69) is 0 Å². The molecule has 3 unspecified atom stereocenters. The lowest BCUT2D eigenvalue weighted by molar-refractivity contribution is -0.385. The summed E-state index contributed by atoms with van der Waals surface area (Å²) in [7, 11) is 0. The molecule has 8 nitrogen and oxygen atoms in total. The zero-order valence-electron chi connectivity index (χ0n) is 10.6. The SMILES string of the molecule is CC(O)N1C(N)=[N+]([O-])c2ccccc2[N+]1([O-])C(C)O. The van der Waals surface area contributed by atoms with Gasteiger partial charge in [0, 0.05) is 19.9 Å². The van der Waals surface area contributed by atoms with Gasteiger partial charge in [0.25, 0.3) is 0 Å². The van der Waals surface area contributed by atoms with E-state index in [1.165, 1.54) is 26.0 Å². The Bertz CT molecular complexity index is 531. The number of aliphatic hydroxyl groups excluding tert-OH is 2. The fourth-order valence-corrected chi connectivity index (χ4v) is 2.21. The van der Waals surface area contributed by atoms with E-state index in [0.29, 0.717) is 4.74 Å². The first-order chi connectivity index (χ1) is 8.81. The second-order valence-electron chi connectivity index (χ2n) is 4.37. The lowest BCUT2D eigenvalue weighted by atomic mass is 10.2. The third kappa shape index (κ3) is 1.73. The summed E-state index contributed by atoms with van der Waals surface area (Å²) in [6.45, 7) is 2.56. The smallest absolute Gasteiger partial charge is 0.403 e. The minimum atomic E-state index is -1.44. The molecule has 1 aromatic carbocycles. The Morgan fingerprint density at radius 3 is 2.42 bits per heavy atom. The molecule has 1 heterocycles. The van der Waals surface area contributed by atoms with Gasteiger partial charge in [0.15, 0.2) is 5.69 Å². The number of aliphatic hydroxyl groups is 2. The van der Waals surface area contributed by atoms with Gasteiger partial charge in [-0.25, -0.2) is 4.74 Å². The van der Waals surface area contributed by atoms with Gasteiger partial charge in [-0.2, -0.15) is 0 Å². The zero-order valence-corrected chi connectivity index (χ0v) is 10.6. The van der Waals surface area contributed by atoms with Crippen LogP contribution in [0.3, 0.4) is 0 Å². The number of fused-ring (bicyclic) bond motifs is 1. The molecule has 2 rings (SSSR count). The van der Waals surface area contributed by atoms with Gasteiger partial charge in [-0.05, 0) is 6.07 Å². The molecule has 0 amide bonds. The Labute approximate surface area is 109 Å². The number of para-hydroxylation sites is 2. The van der Waals surface area contributed by atoms with Crippen molar-refractivity contribution >= 4 is 17.3 Å². The van der Waals surface area contributed by atoms with Gasteiger partial charge in [-0.1, -0.05) is 17.1 Å². The fourth-order valence-electron chi connectivity index (χ4n) is 2.21. The lowest BCUT2D eigenvalue weighted by Gasteiger charge is -2.49. The average molecular weight is 268 g/mol. The van der Waals surface area contributed by atoms with Crippen molar-refractivity contribution in [2.45, 2.75) is 26.3 Å². The predicted octanol–water partition coefficient (Wildman–Crippen LogP) is -0.145. The van der Waals surface area contributed by atoms with Gasteiger partial charge in [0.1, 0.15) is 0 Å². The number of hydrogen-bond acceptors (Lipinski definition) is 6. The Kier molecular flexibility index (Phi) is 3.11.